The smallest absolute Gasteiger partial charge is 0.389 e. The molecule has 0 radical (unpaired) electrons. The molecule has 0 aliphatic carbocycles. The van der Waals surface area contributed by atoms with Crippen molar-refractivity contribution in [2.75, 3.05) is 5.75 Å². The van der Waals surface area contributed by atoms with Crippen LogP contribution in [0.5, 0.6) is 0 Å². The first-order valence-electron chi connectivity index (χ1n) is 5.24. The average molecular weight is 242 g/mol. The Kier molecular flexibility index (Phi) is 4.35. The highest BCUT2D eigenvalue weighted by Gasteiger charge is 2.37. The Morgan fingerprint density at radius 3 is 2.67 bits per heavy atom. The summed E-state index contributed by atoms with van der Waals surface area (Å²) >= 11 is 1.65. The molecular formula is C10H17F3OS. The van der Waals surface area contributed by atoms with Crippen LogP contribution < -0.4 is 0 Å². The molecule has 1 heterocycles. The maximum absolute atomic E-state index is 11.9. The minimum atomic E-state index is -4.10. The molecule has 1 fully saturated rings. The van der Waals surface area contributed by atoms with E-state index in [0.29, 0.717) is 6.42 Å². The lowest BCUT2D eigenvalue weighted by molar-refractivity contribution is -0.138. The molecule has 0 aromatic rings. The van der Waals surface area contributed by atoms with Crippen LogP contribution in [0, 0.1) is 0 Å². The molecule has 1 N–H and O–H groups in total. The molecular weight excluding hydrogens is 225 g/mol. The molecule has 2 atom stereocenters. The van der Waals surface area contributed by atoms with E-state index in [0.717, 1.165) is 12.2 Å². The predicted molar refractivity (Wildman–Crippen MR) is 56.0 cm³/mol. The second kappa shape index (κ2) is 4.95. The lowest BCUT2D eigenvalue weighted by Gasteiger charge is -2.37. The van der Waals surface area contributed by atoms with E-state index >= 15 is 0 Å². The van der Waals surface area contributed by atoms with Crippen molar-refractivity contribution in [3.05, 3.63) is 0 Å². The lowest BCUT2D eigenvalue weighted by atomic mass is 9.88. The Bertz CT molecular complexity index is 207. The SMILES string of the molecule is CC1SCCCC1(O)CCCC(F)(F)F. The molecule has 15 heavy (non-hydrogen) atoms. The van der Waals surface area contributed by atoms with Crippen LogP contribution in [-0.4, -0.2) is 27.9 Å². The van der Waals surface area contributed by atoms with Gasteiger partial charge >= 0.3 is 6.18 Å². The fourth-order valence-electron chi connectivity index (χ4n) is 1.92. The van der Waals surface area contributed by atoms with Crippen molar-refractivity contribution in [1.29, 1.82) is 0 Å². The largest absolute Gasteiger partial charge is 0.389 e. The topological polar surface area (TPSA) is 20.2 Å². The third kappa shape index (κ3) is 4.23. The zero-order valence-electron chi connectivity index (χ0n) is 8.81. The van der Waals surface area contributed by atoms with Crippen LogP contribution in [0.4, 0.5) is 13.2 Å². The zero-order chi connectivity index (χ0) is 11.5. The molecule has 1 aliphatic rings. The van der Waals surface area contributed by atoms with E-state index < -0.39 is 18.2 Å². The first-order chi connectivity index (χ1) is 6.83. The van der Waals surface area contributed by atoms with Crippen molar-refractivity contribution in [3.63, 3.8) is 0 Å². The summed E-state index contributed by atoms with van der Waals surface area (Å²) in [6.45, 7) is 1.90. The summed E-state index contributed by atoms with van der Waals surface area (Å²) < 4.78 is 35.8. The van der Waals surface area contributed by atoms with Crippen LogP contribution in [0.1, 0.15) is 39.0 Å². The van der Waals surface area contributed by atoms with Gasteiger partial charge < -0.3 is 5.11 Å². The van der Waals surface area contributed by atoms with Crippen LogP contribution in [0.3, 0.4) is 0 Å². The molecule has 1 nitrogen and oxygen atoms in total. The summed E-state index contributed by atoms with van der Waals surface area (Å²) in [4.78, 5) is 0. The van der Waals surface area contributed by atoms with Gasteiger partial charge in [0.15, 0.2) is 0 Å². The quantitative estimate of drug-likeness (QED) is 0.818. The van der Waals surface area contributed by atoms with Gasteiger partial charge in [-0.15, -0.1) is 0 Å². The van der Waals surface area contributed by atoms with Gasteiger partial charge in [-0.1, -0.05) is 6.92 Å². The van der Waals surface area contributed by atoms with Crippen LogP contribution in [0.25, 0.3) is 0 Å². The second-order valence-electron chi connectivity index (χ2n) is 4.19. The van der Waals surface area contributed by atoms with Gasteiger partial charge in [-0.05, 0) is 31.4 Å². The van der Waals surface area contributed by atoms with Gasteiger partial charge in [-0.25, -0.2) is 0 Å². The summed E-state index contributed by atoms with van der Waals surface area (Å²) in [7, 11) is 0. The van der Waals surface area contributed by atoms with E-state index in [1.54, 1.807) is 11.8 Å². The number of rotatable bonds is 3. The van der Waals surface area contributed by atoms with Crippen LogP contribution in [-0.2, 0) is 0 Å². The molecule has 1 saturated heterocycles. The zero-order valence-corrected chi connectivity index (χ0v) is 9.63. The number of hydrogen-bond acceptors (Lipinski definition) is 2. The number of aliphatic hydroxyl groups is 1. The van der Waals surface area contributed by atoms with E-state index in [1.807, 2.05) is 6.92 Å². The van der Waals surface area contributed by atoms with Gasteiger partial charge in [0.1, 0.15) is 0 Å². The van der Waals surface area contributed by atoms with Gasteiger partial charge in [-0.2, -0.15) is 24.9 Å². The summed E-state index contributed by atoms with van der Waals surface area (Å²) in [5, 5.41) is 10.2. The Morgan fingerprint density at radius 2 is 2.13 bits per heavy atom. The fraction of sp³-hybridized carbons (Fsp3) is 1.00. The van der Waals surface area contributed by atoms with Crippen molar-refractivity contribution < 1.29 is 18.3 Å². The summed E-state index contributed by atoms with van der Waals surface area (Å²) in [6, 6.07) is 0. The standard InChI is InChI=1S/C10H17F3OS/c1-8-9(14,5-3-7-15-8)4-2-6-10(11,12)13/h8,14H,2-7H2,1H3. The molecule has 0 bridgehead atoms. The van der Waals surface area contributed by atoms with Crippen molar-refractivity contribution in [2.45, 2.75) is 56.1 Å². The highest BCUT2D eigenvalue weighted by Crippen LogP contribution is 2.38. The Labute approximate surface area is 92.4 Å². The normalized spacial score (nSPS) is 33.0. The van der Waals surface area contributed by atoms with E-state index in [-0.39, 0.29) is 18.1 Å². The molecule has 0 spiro atoms. The van der Waals surface area contributed by atoms with Gasteiger partial charge in [0, 0.05) is 11.7 Å². The Morgan fingerprint density at radius 1 is 1.47 bits per heavy atom. The minimum absolute atomic E-state index is 0.0326. The van der Waals surface area contributed by atoms with E-state index in [2.05, 4.69) is 0 Å². The van der Waals surface area contributed by atoms with E-state index in [4.69, 9.17) is 0 Å². The predicted octanol–water partition coefficient (Wildman–Crippen LogP) is 3.37. The maximum Gasteiger partial charge on any atom is 0.389 e. The third-order valence-corrected chi connectivity index (χ3v) is 4.41. The second-order valence-corrected chi connectivity index (χ2v) is 5.64. The first-order valence-corrected chi connectivity index (χ1v) is 6.29. The number of alkyl halides is 3. The first kappa shape index (κ1) is 13.2. The molecule has 2 unspecified atom stereocenters. The molecule has 0 amide bonds. The Balaban J connectivity index is 2.35. The third-order valence-electron chi connectivity index (χ3n) is 2.95. The molecule has 90 valence electrons. The van der Waals surface area contributed by atoms with Gasteiger partial charge in [0.2, 0.25) is 0 Å². The van der Waals surface area contributed by atoms with Gasteiger partial charge in [-0.3, -0.25) is 0 Å². The van der Waals surface area contributed by atoms with Crippen molar-refractivity contribution in [3.8, 4) is 0 Å². The van der Waals surface area contributed by atoms with E-state index in [1.165, 1.54) is 0 Å². The minimum Gasteiger partial charge on any atom is -0.389 e. The molecule has 0 aromatic heterocycles. The number of thioether (sulfide) groups is 1. The summed E-state index contributed by atoms with van der Waals surface area (Å²) in [5.74, 6) is 1.00. The molecule has 5 heteroatoms. The average Bonchev–Trinajstić information content (AvgIpc) is 2.08. The van der Waals surface area contributed by atoms with Crippen LogP contribution in [0.15, 0.2) is 0 Å². The molecule has 1 rings (SSSR count). The highest BCUT2D eigenvalue weighted by molar-refractivity contribution is 8.00. The van der Waals surface area contributed by atoms with Crippen LogP contribution >= 0.6 is 11.8 Å². The number of hydrogen-bond donors (Lipinski definition) is 1. The van der Waals surface area contributed by atoms with Crippen LogP contribution in [0.2, 0.25) is 0 Å². The van der Waals surface area contributed by atoms with E-state index in [9.17, 15) is 18.3 Å². The summed E-state index contributed by atoms with van der Waals surface area (Å²) in [6.07, 6.45) is -3.05. The van der Waals surface area contributed by atoms with Gasteiger partial charge in [0.05, 0.1) is 5.60 Å². The molecule has 1 aliphatic heterocycles. The van der Waals surface area contributed by atoms with Crippen molar-refractivity contribution in [2.24, 2.45) is 0 Å². The number of halogens is 3. The maximum atomic E-state index is 11.9. The highest BCUT2D eigenvalue weighted by atomic mass is 32.2. The lowest BCUT2D eigenvalue weighted by Crippen LogP contribution is -2.41. The van der Waals surface area contributed by atoms with Gasteiger partial charge in [0.25, 0.3) is 0 Å². The summed E-state index contributed by atoms with van der Waals surface area (Å²) in [5.41, 5.74) is -0.881. The van der Waals surface area contributed by atoms with Crippen molar-refractivity contribution >= 4 is 11.8 Å². The van der Waals surface area contributed by atoms with Crippen molar-refractivity contribution in [1.82, 2.24) is 0 Å². The molecule has 0 aromatic carbocycles. The molecule has 0 saturated carbocycles. The fourth-order valence-corrected chi connectivity index (χ4v) is 3.13. The Hall–Kier alpha value is 0.100. The monoisotopic (exact) mass is 242 g/mol.